The number of amides is 2. The highest BCUT2D eigenvalue weighted by Gasteiger charge is 2.34. The number of rotatable bonds is 16. The maximum atomic E-state index is 12.6. The minimum atomic E-state index is -0.169. The Morgan fingerprint density at radius 2 is 1.35 bits per heavy atom. The van der Waals surface area contributed by atoms with Crippen molar-refractivity contribution >= 4 is 11.8 Å². The van der Waals surface area contributed by atoms with E-state index in [0.717, 1.165) is 62.7 Å². The minimum absolute atomic E-state index is 0.0491. The van der Waals surface area contributed by atoms with Gasteiger partial charge in [0.05, 0.1) is 23.8 Å². The second kappa shape index (κ2) is 15.4. The van der Waals surface area contributed by atoms with Gasteiger partial charge in [0.2, 0.25) is 0 Å². The Labute approximate surface area is 277 Å². The van der Waals surface area contributed by atoms with E-state index in [1.165, 1.54) is 27.2 Å². The summed E-state index contributed by atoms with van der Waals surface area (Å²) in [5, 5.41) is 0. The van der Waals surface area contributed by atoms with Crippen molar-refractivity contribution in [2.24, 2.45) is 5.41 Å². The van der Waals surface area contributed by atoms with Crippen molar-refractivity contribution in [1.82, 2.24) is 4.90 Å². The molecule has 0 saturated carbocycles. The largest absolute Gasteiger partial charge is 0.493 e. The Hall–Kier alpha value is -3.44. The lowest BCUT2D eigenvalue weighted by atomic mass is 9.69. The van der Waals surface area contributed by atoms with Crippen LogP contribution < -0.4 is 4.74 Å². The molecule has 248 valence electrons. The Balaban J connectivity index is 1.30. The number of unbranched alkanes of at least 4 members (excludes halogenated alkanes) is 3. The molecule has 2 amide bonds. The Morgan fingerprint density at radius 1 is 0.761 bits per heavy atom. The van der Waals surface area contributed by atoms with Crippen LogP contribution in [0.3, 0.4) is 0 Å². The Bertz CT molecular complexity index is 1460. The van der Waals surface area contributed by atoms with Gasteiger partial charge in [0.1, 0.15) is 5.75 Å². The maximum absolute atomic E-state index is 12.6. The molecule has 1 aliphatic rings. The maximum Gasteiger partial charge on any atom is 0.261 e. The molecular weight excluding hydrogens is 570 g/mol. The summed E-state index contributed by atoms with van der Waals surface area (Å²) >= 11 is 0. The van der Waals surface area contributed by atoms with Gasteiger partial charge in [0.15, 0.2) is 0 Å². The molecule has 0 fully saturated rings. The molecule has 0 saturated heterocycles. The molecule has 0 spiro atoms. The van der Waals surface area contributed by atoms with Crippen LogP contribution >= 0.6 is 0 Å². The quantitative estimate of drug-likeness (QED) is 0.117. The van der Waals surface area contributed by atoms with Gasteiger partial charge >= 0.3 is 0 Å². The number of carbonyl (C=O) groups is 2. The van der Waals surface area contributed by atoms with Crippen molar-refractivity contribution in [2.75, 3.05) is 20.3 Å². The SMILES string of the molecule is CCC(CC)(c1ccc(CCC(OC)C(C)(C)C)c(C)c1)c1ccc(OCCCCCCN2C(=O)c3ccccc3C2=O)c(C)c1. The number of carbonyl (C=O) groups excluding carboxylic acids is 2. The summed E-state index contributed by atoms with van der Waals surface area (Å²) in [6.45, 7) is 16.9. The molecule has 3 aromatic rings. The topological polar surface area (TPSA) is 55.8 Å². The molecule has 1 heterocycles. The number of hydrogen-bond donors (Lipinski definition) is 0. The summed E-state index contributed by atoms with van der Waals surface area (Å²) < 4.78 is 12.0. The van der Waals surface area contributed by atoms with Crippen LogP contribution in [-0.4, -0.2) is 43.1 Å². The highest BCUT2D eigenvalue weighted by molar-refractivity contribution is 6.21. The van der Waals surface area contributed by atoms with Crippen molar-refractivity contribution in [1.29, 1.82) is 0 Å². The van der Waals surface area contributed by atoms with Gasteiger partial charge in [-0.2, -0.15) is 0 Å². The van der Waals surface area contributed by atoms with E-state index in [1.54, 1.807) is 24.3 Å². The van der Waals surface area contributed by atoms with Crippen molar-refractivity contribution in [3.05, 3.63) is 99.6 Å². The number of methoxy groups -OCH3 is 1. The van der Waals surface area contributed by atoms with E-state index in [-0.39, 0.29) is 28.7 Å². The average Bonchev–Trinajstić information content (AvgIpc) is 3.27. The van der Waals surface area contributed by atoms with Crippen LogP contribution in [0, 0.1) is 19.3 Å². The number of hydrogen-bond acceptors (Lipinski definition) is 4. The fourth-order valence-electron chi connectivity index (χ4n) is 7.16. The molecule has 0 radical (unpaired) electrons. The van der Waals surface area contributed by atoms with Crippen molar-refractivity contribution in [3.63, 3.8) is 0 Å². The lowest BCUT2D eigenvalue weighted by Crippen LogP contribution is -2.30. The first kappa shape index (κ1) is 35.4. The first-order chi connectivity index (χ1) is 22.0. The van der Waals surface area contributed by atoms with E-state index in [9.17, 15) is 9.59 Å². The Morgan fingerprint density at radius 3 is 1.89 bits per heavy atom. The van der Waals surface area contributed by atoms with Crippen molar-refractivity contribution < 1.29 is 19.1 Å². The monoisotopic (exact) mass is 625 g/mol. The molecule has 46 heavy (non-hydrogen) atoms. The molecule has 1 atom stereocenters. The van der Waals surface area contributed by atoms with E-state index in [2.05, 4.69) is 84.9 Å². The number of fused-ring (bicyclic) bond motifs is 1. The molecule has 0 bridgehead atoms. The summed E-state index contributed by atoms with van der Waals surface area (Å²) in [6.07, 6.45) is 8.01. The van der Waals surface area contributed by atoms with E-state index in [1.807, 2.05) is 7.11 Å². The van der Waals surface area contributed by atoms with Crippen molar-refractivity contribution in [3.8, 4) is 5.75 Å². The van der Waals surface area contributed by atoms with E-state index in [4.69, 9.17) is 9.47 Å². The van der Waals surface area contributed by atoms with Gasteiger partial charge in [-0.1, -0.05) is 89.9 Å². The first-order valence-electron chi connectivity index (χ1n) is 17.3. The molecule has 1 aliphatic heterocycles. The number of nitrogens with zero attached hydrogens (tertiary/aromatic N) is 1. The minimum Gasteiger partial charge on any atom is -0.493 e. The van der Waals surface area contributed by atoms with Gasteiger partial charge in [-0.3, -0.25) is 14.5 Å². The van der Waals surface area contributed by atoms with E-state index in [0.29, 0.717) is 24.3 Å². The molecular formula is C41H55NO4. The predicted octanol–water partition coefficient (Wildman–Crippen LogP) is 9.64. The molecule has 0 aliphatic carbocycles. The lowest BCUT2D eigenvalue weighted by Gasteiger charge is -2.34. The van der Waals surface area contributed by atoms with Crippen LogP contribution in [-0.2, 0) is 16.6 Å². The number of aryl methyl sites for hydroxylation is 3. The molecule has 5 heteroatoms. The van der Waals surface area contributed by atoms with Gasteiger partial charge in [-0.05, 0) is 104 Å². The predicted molar refractivity (Wildman–Crippen MR) is 188 cm³/mol. The summed E-state index contributed by atoms with van der Waals surface area (Å²) in [6, 6.07) is 20.9. The lowest BCUT2D eigenvalue weighted by molar-refractivity contribution is 0.0110. The molecule has 1 unspecified atom stereocenters. The number of ether oxygens (including phenoxy) is 2. The van der Waals surface area contributed by atoms with Gasteiger partial charge in [0, 0.05) is 19.1 Å². The summed E-state index contributed by atoms with van der Waals surface area (Å²) in [5.74, 6) is 0.601. The van der Waals surface area contributed by atoms with E-state index < -0.39 is 0 Å². The summed E-state index contributed by atoms with van der Waals surface area (Å²) in [4.78, 5) is 26.5. The first-order valence-corrected chi connectivity index (χ1v) is 17.3. The van der Waals surface area contributed by atoms with Crippen LogP contribution in [0.25, 0.3) is 0 Å². The number of imide groups is 1. The zero-order chi connectivity index (χ0) is 33.5. The normalized spacial score (nSPS) is 14.1. The smallest absolute Gasteiger partial charge is 0.261 e. The fraction of sp³-hybridized carbons (Fsp3) is 0.512. The van der Waals surface area contributed by atoms with Gasteiger partial charge in [0.25, 0.3) is 11.8 Å². The molecule has 3 aromatic carbocycles. The fourth-order valence-corrected chi connectivity index (χ4v) is 7.16. The second-order valence-electron chi connectivity index (χ2n) is 14.1. The molecule has 4 rings (SSSR count). The third kappa shape index (κ3) is 7.74. The van der Waals surface area contributed by atoms with Crippen LogP contribution in [0.2, 0.25) is 0 Å². The molecule has 5 nitrogen and oxygen atoms in total. The van der Waals surface area contributed by atoms with Crippen LogP contribution in [0.4, 0.5) is 0 Å². The van der Waals surface area contributed by atoms with Crippen LogP contribution in [0.15, 0.2) is 60.7 Å². The third-order valence-corrected chi connectivity index (χ3v) is 10.2. The summed E-state index contributed by atoms with van der Waals surface area (Å²) in [7, 11) is 1.83. The Kier molecular flexibility index (Phi) is 11.9. The average molecular weight is 626 g/mol. The highest BCUT2D eigenvalue weighted by atomic mass is 16.5. The van der Waals surface area contributed by atoms with Crippen molar-refractivity contribution in [2.45, 2.75) is 111 Å². The standard InChI is InChI=1S/C41H55NO4/c1-9-41(10-2,32-21-19-31(29(3)27-32)20-24-37(45-8)40(5,6)7)33-22-23-36(30(4)28-33)46-26-16-12-11-15-25-42-38(43)34-17-13-14-18-35(34)39(42)44/h13-14,17-19,21-23,27-28,37H,9-12,15-16,20,24-26H2,1-8H3. The molecule has 0 N–H and O–H groups in total. The zero-order valence-corrected chi connectivity index (χ0v) is 29.5. The van der Waals surface area contributed by atoms with E-state index >= 15 is 0 Å². The second-order valence-corrected chi connectivity index (χ2v) is 14.1. The third-order valence-electron chi connectivity index (χ3n) is 10.2. The van der Waals surface area contributed by atoms with Gasteiger partial charge < -0.3 is 9.47 Å². The summed E-state index contributed by atoms with van der Waals surface area (Å²) in [5.41, 5.74) is 7.77. The zero-order valence-electron chi connectivity index (χ0n) is 29.5. The van der Waals surface area contributed by atoms with Crippen LogP contribution in [0.5, 0.6) is 5.75 Å². The van der Waals surface area contributed by atoms with Gasteiger partial charge in [-0.15, -0.1) is 0 Å². The molecule has 0 aromatic heterocycles. The van der Waals surface area contributed by atoms with Crippen LogP contribution in [0.1, 0.15) is 128 Å². The highest BCUT2D eigenvalue weighted by Crippen LogP contribution is 2.41. The number of benzene rings is 3. The van der Waals surface area contributed by atoms with Gasteiger partial charge in [-0.25, -0.2) is 0 Å².